The molecule has 0 heterocycles. The molecule has 0 spiro atoms. The number of carbonyl (C=O) groups is 1. The summed E-state index contributed by atoms with van der Waals surface area (Å²) in [5, 5.41) is 19.4. The van der Waals surface area contributed by atoms with E-state index in [-0.39, 0.29) is 22.6 Å². The molecule has 2 aromatic rings. The van der Waals surface area contributed by atoms with Crippen molar-refractivity contribution in [3.8, 4) is 17.2 Å². The Balaban J connectivity index is 0.000000238. The van der Waals surface area contributed by atoms with E-state index in [4.69, 9.17) is 4.74 Å². The lowest BCUT2D eigenvalue weighted by molar-refractivity contribution is 0.103. The number of methoxy groups -OCH3 is 1. The molecule has 1 aliphatic rings. The molecule has 0 saturated heterocycles. The van der Waals surface area contributed by atoms with Crippen LogP contribution < -0.4 is 4.74 Å². The van der Waals surface area contributed by atoms with Crippen molar-refractivity contribution in [3.63, 3.8) is 0 Å². The van der Waals surface area contributed by atoms with Crippen molar-refractivity contribution in [2.45, 2.75) is 53.4 Å². The highest BCUT2D eigenvalue weighted by atomic mass is 16.5. The number of phenolic OH excluding ortho intramolecular Hbond substituents is 2. The van der Waals surface area contributed by atoms with E-state index < -0.39 is 5.78 Å². The van der Waals surface area contributed by atoms with Crippen molar-refractivity contribution in [1.29, 1.82) is 0 Å². The van der Waals surface area contributed by atoms with Crippen LogP contribution in [-0.4, -0.2) is 23.1 Å². The van der Waals surface area contributed by atoms with Gasteiger partial charge in [-0.25, -0.2) is 0 Å². The van der Waals surface area contributed by atoms with Gasteiger partial charge in [-0.1, -0.05) is 61.4 Å². The first-order chi connectivity index (χ1) is 15.6. The van der Waals surface area contributed by atoms with Gasteiger partial charge in [-0.3, -0.25) is 4.79 Å². The average molecular weight is 449 g/mol. The summed E-state index contributed by atoms with van der Waals surface area (Å²) in [5.41, 5.74) is 3.61. The third-order valence-electron chi connectivity index (χ3n) is 5.62. The van der Waals surface area contributed by atoms with E-state index in [1.54, 1.807) is 18.2 Å². The summed E-state index contributed by atoms with van der Waals surface area (Å²) in [6.07, 6.45) is 14.1. The number of rotatable bonds is 3. The summed E-state index contributed by atoms with van der Waals surface area (Å²) >= 11 is 0. The van der Waals surface area contributed by atoms with E-state index in [0.717, 1.165) is 12.8 Å². The molecule has 2 aromatic carbocycles. The average Bonchev–Trinajstić information content (AvgIpc) is 2.80. The zero-order valence-corrected chi connectivity index (χ0v) is 20.4. The molecule has 0 unspecified atom stereocenters. The number of para-hydroxylation sites is 1. The number of carbonyl (C=O) groups excluding carboxylic acids is 1. The van der Waals surface area contributed by atoms with E-state index in [0.29, 0.717) is 11.2 Å². The van der Waals surface area contributed by atoms with Crippen molar-refractivity contribution in [3.05, 3.63) is 89.0 Å². The minimum absolute atomic E-state index is 0.113. The largest absolute Gasteiger partial charge is 0.507 e. The van der Waals surface area contributed by atoms with E-state index in [1.165, 1.54) is 55.4 Å². The molecule has 0 fully saturated rings. The fourth-order valence-corrected chi connectivity index (χ4v) is 3.44. The molecule has 4 heteroatoms. The van der Waals surface area contributed by atoms with Crippen LogP contribution in [-0.2, 0) is 0 Å². The van der Waals surface area contributed by atoms with Crippen LogP contribution in [0.5, 0.6) is 17.2 Å². The molecule has 33 heavy (non-hydrogen) atoms. The molecule has 0 atom stereocenters. The van der Waals surface area contributed by atoms with E-state index in [9.17, 15) is 15.0 Å². The van der Waals surface area contributed by atoms with Gasteiger partial charge in [-0.05, 0) is 69.2 Å². The fourth-order valence-electron chi connectivity index (χ4n) is 3.44. The van der Waals surface area contributed by atoms with Gasteiger partial charge in [0, 0.05) is 6.07 Å². The molecular formula is C29H36O4. The molecule has 0 saturated carbocycles. The van der Waals surface area contributed by atoms with Gasteiger partial charge in [0.05, 0.1) is 18.2 Å². The lowest BCUT2D eigenvalue weighted by Gasteiger charge is -2.18. The molecule has 0 amide bonds. The topological polar surface area (TPSA) is 66.8 Å². The van der Waals surface area contributed by atoms with E-state index in [1.807, 2.05) is 0 Å². The molecule has 4 nitrogen and oxygen atoms in total. The SMILES string of the molecule is CC1=CCCC(C)=CCC(C)(C)C=CC1.COc1ccc(C(=O)c2ccccc2O)c(O)c1. The number of benzene rings is 2. The van der Waals surface area contributed by atoms with Gasteiger partial charge in [-0.15, -0.1) is 0 Å². The van der Waals surface area contributed by atoms with Crippen LogP contribution in [0.25, 0.3) is 0 Å². The minimum Gasteiger partial charge on any atom is -0.507 e. The Morgan fingerprint density at radius 1 is 0.939 bits per heavy atom. The minimum atomic E-state index is -0.437. The zero-order valence-electron chi connectivity index (χ0n) is 20.4. The Hall–Kier alpha value is -3.27. The van der Waals surface area contributed by atoms with Gasteiger partial charge in [0.25, 0.3) is 0 Å². The first kappa shape index (κ1) is 26.0. The van der Waals surface area contributed by atoms with Crippen molar-refractivity contribution in [1.82, 2.24) is 0 Å². The van der Waals surface area contributed by atoms with Gasteiger partial charge in [-0.2, -0.15) is 0 Å². The summed E-state index contributed by atoms with van der Waals surface area (Å²) in [4.78, 5) is 12.1. The summed E-state index contributed by atoms with van der Waals surface area (Å²) in [5.74, 6) is -0.269. The summed E-state index contributed by atoms with van der Waals surface area (Å²) in [6, 6.07) is 10.6. The third kappa shape index (κ3) is 8.30. The van der Waals surface area contributed by atoms with Gasteiger partial charge in [0.15, 0.2) is 5.78 Å². The molecular weight excluding hydrogens is 412 g/mol. The molecule has 0 aromatic heterocycles. The lowest BCUT2D eigenvalue weighted by atomic mass is 9.87. The van der Waals surface area contributed by atoms with E-state index in [2.05, 4.69) is 52.0 Å². The number of allylic oxidation sites excluding steroid dienone is 6. The van der Waals surface area contributed by atoms with Gasteiger partial charge in [0.2, 0.25) is 0 Å². The number of hydrogen-bond acceptors (Lipinski definition) is 4. The predicted octanol–water partition coefficient (Wildman–Crippen LogP) is 7.37. The smallest absolute Gasteiger partial charge is 0.200 e. The number of ketones is 1. The van der Waals surface area contributed by atoms with Crippen molar-refractivity contribution in [2.24, 2.45) is 5.41 Å². The number of ether oxygens (including phenoxy) is 1. The fraction of sp³-hybridized carbons (Fsp3) is 0.345. The quantitative estimate of drug-likeness (QED) is 0.380. The second-order valence-electron chi connectivity index (χ2n) is 9.17. The van der Waals surface area contributed by atoms with Crippen molar-refractivity contribution < 1.29 is 19.7 Å². The summed E-state index contributed by atoms with van der Waals surface area (Å²) in [7, 11) is 1.47. The predicted molar refractivity (Wildman–Crippen MR) is 135 cm³/mol. The monoisotopic (exact) mass is 448 g/mol. The standard InChI is InChI=1S/C15H24.C14H12O4/c1-13-7-5-8-14(2)10-12-15(3,4)11-6-9-13;1-18-9-6-7-11(13(16)8-9)14(17)10-4-2-3-5-12(10)15/h6-7,10-11H,5,8-9,12H2,1-4H3;2-8,15-16H,1H3. The molecule has 3 rings (SSSR count). The first-order valence-corrected chi connectivity index (χ1v) is 11.3. The lowest BCUT2D eigenvalue weighted by Crippen LogP contribution is -2.05. The van der Waals surface area contributed by atoms with Crippen molar-refractivity contribution >= 4 is 5.78 Å². The molecule has 2 N–H and O–H groups in total. The van der Waals surface area contributed by atoms with Gasteiger partial charge in [0.1, 0.15) is 17.2 Å². The summed E-state index contributed by atoms with van der Waals surface area (Å²) < 4.78 is 4.94. The Kier molecular flexibility index (Phi) is 9.53. The van der Waals surface area contributed by atoms with Crippen LogP contribution in [0, 0.1) is 5.41 Å². The van der Waals surface area contributed by atoms with Crippen LogP contribution in [0.4, 0.5) is 0 Å². The Morgan fingerprint density at radius 3 is 2.30 bits per heavy atom. The van der Waals surface area contributed by atoms with Crippen LogP contribution in [0.15, 0.2) is 77.9 Å². The highest BCUT2D eigenvalue weighted by Gasteiger charge is 2.17. The normalized spacial score (nSPS) is 15.8. The second-order valence-corrected chi connectivity index (χ2v) is 9.17. The number of phenols is 2. The van der Waals surface area contributed by atoms with Crippen LogP contribution >= 0.6 is 0 Å². The number of aromatic hydroxyl groups is 2. The zero-order chi connectivity index (χ0) is 24.4. The highest BCUT2D eigenvalue weighted by molar-refractivity contribution is 6.12. The maximum atomic E-state index is 12.1. The van der Waals surface area contributed by atoms with E-state index >= 15 is 0 Å². The Bertz CT molecular complexity index is 1040. The van der Waals surface area contributed by atoms with Gasteiger partial charge < -0.3 is 14.9 Å². The van der Waals surface area contributed by atoms with Crippen LogP contribution in [0.2, 0.25) is 0 Å². The molecule has 176 valence electrons. The maximum absolute atomic E-state index is 12.1. The third-order valence-corrected chi connectivity index (χ3v) is 5.62. The molecule has 1 aliphatic carbocycles. The molecule has 0 aliphatic heterocycles. The Morgan fingerprint density at radius 2 is 1.64 bits per heavy atom. The first-order valence-electron chi connectivity index (χ1n) is 11.3. The van der Waals surface area contributed by atoms with Crippen LogP contribution in [0.1, 0.15) is 69.3 Å². The molecule has 0 radical (unpaired) electrons. The van der Waals surface area contributed by atoms with Gasteiger partial charge >= 0.3 is 0 Å². The summed E-state index contributed by atoms with van der Waals surface area (Å²) in [6.45, 7) is 9.10. The number of hydrogen-bond donors (Lipinski definition) is 2. The second kappa shape index (κ2) is 12.1. The maximum Gasteiger partial charge on any atom is 0.200 e. The van der Waals surface area contributed by atoms with Crippen molar-refractivity contribution in [2.75, 3.05) is 7.11 Å². The van der Waals surface area contributed by atoms with Crippen LogP contribution in [0.3, 0.4) is 0 Å². The highest BCUT2D eigenvalue weighted by Crippen LogP contribution is 2.28. The molecule has 0 bridgehead atoms. The Labute approximate surface area is 197 Å².